The van der Waals surface area contributed by atoms with Crippen LogP contribution in [0.4, 0.5) is 0 Å². The first-order valence-corrected chi connectivity index (χ1v) is 19.3. The third-order valence-electron chi connectivity index (χ3n) is 15.8. The number of aliphatic hydroxyl groups excluding tert-OH is 2. The summed E-state index contributed by atoms with van der Waals surface area (Å²) in [5.41, 5.74) is -0.628. The summed E-state index contributed by atoms with van der Waals surface area (Å²) in [5, 5.41) is 34.0. The molecule has 9 nitrogen and oxygen atoms in total. The molecule has 8 rings (SSSR count). The minimum atomic E-state index is -1.32. The molecule has 1 aromatic heterocycles. The molecule has 11 atom stereocenters. The summed E-state index contributed by atoms with van der Waals surface area (Å²) in [6.45, 7) is 16.5. The van der Waals surface area contributed by atoms with Crippen LogP contribution < -0.4 is 0 Å². The Bertz CT molecular complexity index is 1470. The van der Waals surface area contributed by atoms with Gasteiger partial charge in [-0.15, -0.1) is 0 Å². The first-order valence-electron chi connectivity index (χ1n) is 19.3. The van der Waals surface area contributed by atoms with E-state index < -0.39 is 29.5 Å². The van der Waals surface area contributed by atoms with E-state index in [0.29, 0.717) is 50.7 Å². The van der Waals surface area contributed by atoms with Crippen molar-refractivity contribution in [2.24, 2.45) is 44.8 Å². The Morgan fingerprint density at radius 2 is 1.88 bits per heavy atom. The highest BCUT2D eigenvalue weighted by Crippen LogP contribution is 2.90. The van der Waals surface area contributed by atoms with Gasteiger partial charge in [-0.3, -0.25) is 9.78 Å². The third-order valence-corrected chi connectivity index (χ3v) is 15.8. The number of nitrogens with zero attached hydrogens (tertiary/aromatic N) is 2. The molecule has 2 spiro atoms. The fourth-order valence-corrected chi connectivity index (χ4v) is 13.1. The van der Waals surface area contributed by atoms with Crippen LogP contribution in [0.3, 0.4) is 0 Å². The topological polar surface area (TPSA) is 122 Å². The van der Waals surface area contributed by atoms with Gasteiger partial charge in [-0.1, -0.05) is 34.6 Å². The summed E-state index contributed by atoms with van der Waals surface area (Å²) in [5.74, 6) is 2.46. The molecule has 7 fully saturated rings. The van der Waals surface area contributed by atoms with Crippen LogP contribution in [0.25, 0.3) is 0 Å². The second kappa shape index (κ2) is 11.7. The summed E-state index contributed by atoms with van der Waals surface area (Å²) in [4.78, 5) is 19.1. The van der Waals surface area contributed by atoms with Gasteiger partial charge in [0.2, 0.25) is 5.91 Å². The minimum Gasteiger partial charge on any atom is -0.389 e. The Balaban J connectivity index is 0.985. The highest BCUT2D eigenvalue weighted by Gasteiger charge is 2.85. The van der Waals surface area contributed by atoms with E-state index in [-0.39, 0.29) is 45.5 Å². The van der Waals surface area contributed by atoms with Gasteiger partial charge in [0.25, 0.3) is 0 Å². The van der Waals surface area contributed by atoms with Crippen molar-refractivity contribution in [1.82, 2.24) is 9.88 Å². The summed E-state index contributed by atoms with van der Waals surface area (Å²) < 4.78 is 19.5. The smallest absolute Gasteiger partial charge is 0.227 e. The van der Waals surface area contributed by atoms with Gasteiger partial charge in [-0.25, -0.2) is 0 Å². The number of carbonyl (C=O) groups excluding carboxylic acids is 1. The molecule has 50 heavy (non-hydrogen) atoms. The molecule has 2 saturated heterocycles. The highest BCUT2D eigenvalue weighted by molar-refractivity contribution is 5.78. The van der Waals surface area contributed by atoms with Crippen molar-refractivity contribution >= 4 is 5.91 Å². The Hall–Kier alpha value is -1.62. The zero-order valence-corrected chi connectivity index (χ0v) is 31.2. The monoisotopic (exact) mass is 691 g/mol. The number of pyridine rings is 1. The van der Waals surface area contributed by atoms with Crippen molar-refractivity contribution in [3.05, 3.63) is 48.2 Å². The lowest BCUT2D eigenvalue weighted by Crippen LogP contribution is -2.59. The fraction of sp³-hybridized carbons (Fsp3) is 0.780. The number of amides is 1. The molecule has 1 amide bonds. The fourth-order valence-electron chi connectivity index (χ4n) is 13.1. The van der Waals surface area contributed by atoms with E-state index in [1.807, 2.05) is 17.0 Å². The summed E-state index contributed by atoms with van der Waals surface area (Å²) in [7, 11) is 0. The summed E-state index contributed by atoms with van der Waals surface area (Å²) in [6, 6.07) is 3.79. The largest absolute Gasteiger partial charge is 0.389 e. The number of morpholine rings is 1. The van der Waals surface area contributed by atoms with Crippen molar-refractivity contribution in [1.29, 1.82) is 0 Å². The Morgan fingerprint density at radius 3 is 2.60 bits per heavy atom. The highest BCUT2D eigenvalue weighted by atomic mass is 16.7. The predicted octanol–water partition coefficient (Wildman–Crippen LogP) is 5.42. The van der Waals surface area contributed by atoms with Crippen LogP contribution in [0, 0.1) is 63.0 Å². The van der Waals surface area contributed by atoms with Gasteiger partial charge in [0.15, 0.2) is 6.29 Å². The van der Waals surface area contributed by atoms with E-state index in [2.05, 4.69) is 39.6 Å². The SMILES string of the molecule is C[C@@H]1C[C]([C@H](O)C(C)(C)O)O[C]2[C@H]1[C@@]1(C)CC[C@@]34C[C@@]35CCC(O[C@H]3CN(C(=O)Cc6ccncc6)CCO3)C(C)(C)[C@@H]5CC[C]4[C@]1(C)[C@H]2O. The third kappa shape index (κ3) is 4.85. The molecule has 3 radical (unpaired) electrons. The second-order valence-electron chi connectivity index (χ2n) is 18.9. The molecule has 1 unspecified atom stereocenters. The van der Waals surface area contributed by atoms with Crippen LogP contribution in [-0.4, -0.2) is 81.0 Å². The second-order valence-corrected chi connectivity index (χ2v) is 18.9. The molecule has 0 aromatic carbocycles. The standard InChI is InChI=1S/C41H59N2O7/c1-24-20-26(34(45)37(4,5)47)49-33-32(24)38(6)14-15-41-23-40(41)13-10-29(36(2,3)27(40)8-9-28(41)39(38,7)35(33)46)50-31-22-43(18-19-48-31)30(44)21-25-11-16-42-17-12-25/h11-12,16-17,24,27,29,31-32,34-35,45-47H,8-10,13-15,18-23H2,1-7H3/t24-,27+,29?,31+,32+,34+,35+,38-,39-,40-,41+/m1/s1. The van der Waals surface area contributed by atoms with Crippen molar-refractivity contribution in [3.63, 3.8) is 0 Å². The molecule has 9 heteroatoms. The number of aliphatic hydroxyl groups is 3. The Kier molecular flexibility index (Phi) is 8.28. The number of fused-ring (bicyclic) bond motifs is 4. The number of hydrogen-bond acceptors (Lipinski definition) is 8. The Labute approximate surface area is 298 Å². The van der Waals surface area contributed by atoms with E-state index in [9.17, 15) is 20.1 Å². The molecule has 0 bridgehead atoms. The van der Waals surface area contributed by atoms with Crippen LogP contribution >= 0.6 is 0 Å². The summed E-state index contributed by atoms with van der Waals surface area (Å²) >= 11 is 0. The van der Waals surface area contributed by atoms with Gasteiger partial charge in [-0.2, -0.15) is 0 Å². The number of ether oxygens (including phenoxy) is 3. The van der Waals surface area contributed by atoms with Crippen molar-refractivity contribution in [3.8, 4) is 0 Å². The average molecular weight is 692 g/mol. The lowest BCUT2D eigenvalue weighted by molar-refractivity contribution is -0.242. The molecule has 3 heterocycles. The first kappa shape index (κ1) is 35.4. The molecular formula is C41H59N2O7. The predicted molar refractivity (Wildman–Crippen MR) is 186 cm³/mol. The van der Waals surface area contributed by atoms with Crippen LogP contribution in [0.15, 0.2) is 24.5 Å². The average Bonchev–Trinajstić information content (AvgIpc) is 3.70. The van der Waals surface area contributed by atoms with Crippen molar-refractivity contribution in [2.75, 3.05) is 19.7 Å². The maximum atomic E-state index is 13.2. The molecule has 2 aliphatic heterocycles. The van der Waals surface area contributed by atoms with E-state index in [4.69, 9.17) is 14.2 Å². The molecule has 5 saturated carbocycles. The van der Waals surface area contributed by atoms with Crippen LogP contribution in [-0.2, 0) is 25.4 Å². The number of hydrogen-bond donors (Lipinski definition) is 3. The molecule has 275 valence electrons. The van der Waals surface area contributed by atoms with Crippen LogP contribution in [0.5, 0.6) is 0 Å². The zero-order chi connectivity index (χ0) is 35.6. The van der Waals surface area contributed by atoms with Crippen molar-refractivity contribution < 1.29 is 34.3 Å². The van der Waals surface area contributed by atoms with Crippen LogP contribution in [0.1, 0.15) is 105 Å². The van der Waals surface area contributed by atoms with Gasteiger partial charge in [0.1, 0.15) is 18.3 Å². The van der Waals surface area contributed by atoms with Gasteiger partial charge in [-0.05, 0) is 122 Å². The van der Waals surface area contributed by atoms with Gasteiger partial charge < -0.3 is 34.4 Å². The molecule has 1 aromatic rings. The maximum absolute atomic E-state index is 13.2. The lowest BCUT2D eigenvalue weighted by atomic mass is 9.41. The van der Waals surface area contributed by atoms with E-state index in [1.54, 1.807) is 32.2 Å². The van der Waals surface area contributed by atoms with E-state index in [1.165, 1.54) is 6.42 Å². The summed E-state index contributed by atoms with van der Waals surface area (Å²) in [6.07, 6.45) is 10.9. The maximum Gasteiger partial charge on any atom is 0.227 e. The van der Waals surface area contributed by atoms with Gasteiger partial charge in [0.05, 0.1) is 37.4 Å². The first-order chi connectivity index (χ1) is 23.5. The minimum absolute atomic E-state index is 0.0444. The quantitative estimate of drug-likeness (QED) is 0.362. The van der Waals surface area contributed by atoms with E-state index in [0.717, 1.165) is 44.1 Å². The number of aromatic nitrogens is 1. The van der Waals surface area contributed by atoms with Crippen molar-refractivity contribution in [2.45, 2.75) is 136 Å². The molecular weight excluding hydrogens is 632 g/mol. The van der Waals surface area contributed by atoms with E-state index >= 15 is 0 Å². The molecule has 3 N–H and O–H groups in total. The number of carbonyl (C=O) groups is 1. The normalized spacial score (nSPS) is 45.1. The zero-order valence-electron chi connectivity index (χ0n) is 31.2. The lowest BCUT2D eigenvalue weighted by Gasteiger charge is -2.63. The van der Waals surface area contributed by atoms with Crippen LogP contribution in [0.2, 0.25) is 0 Å². The number of rotatable bonds is 6. The van der Waals surface area contributed by atoms with Gasteiger partial charge in [0, 0.05) is 30.3 Å². The molecule has 7 aliphatic rings. The molecule has 5 aliphatic carbocycles. The Morgan fingerprint density at radius 1 is 1.14 bits per heavy atom. The van der Waals surface area contributed by atoms with Gasteiger partial charge >= 0.3 is 0 Å².